The highest BCUT2D eigenvalue weighted by molar-refractivity contribution is 6.31. The second kappa shape index (κ2) is 8.96. The molecule has 0 spiro atoms. The number of likely N-dealkylation sites (tertiary alicyclic amines) is 1. The van der Waals surface area contributed by atoms with Gasteiger partial charge in [0.15, 0.2) is 0 Å². The fraction of sp³-hybridized carbons (Fsp3) is 0.333. The fourth-order valence-electron chi connectivity index (χ4n) is 4.28. The molecule has 2 aliphatic heterocycles. The van der Waals surface area contributed by atoms with Crippen LogP contribution in [0.2, 0.25) is 5.02 Å². The molecule has 3 N–H and O–H groups in total. The lowest BCUT2D eigenvalue weighted by Gasteiger charge is -2.29. The summed E-state index contributed by atoms with van der Waals surface area (Å²) in [6.07, 6.45) is 4.14. The van der Waals surface area contributed by atoms with Crippen LogP contribution in [0.4, 0.5) is 23.1 Å². The maximum atomic E-state index is 12.3. The first-order valence-corrected chi connectivity index (χ1v) is 11.5. The minimum absolute atomic E-state index is 0.116. The van der Waals surface area contributed by atoms with E-state index in [4.69, 9.17) is 21.6 Å². The first-order chi connectivity index (χ1) is 15.9. The summed E-state index contributed by atoms with van der Waals surface area (Å²) in [4.78, 5) is 28.5. The van der Waals surface area contributed by atoms with Crippen molar-refractivity contribution in [2.24, 2.45) is 0 Å². The molecular weight excluding hydrogens is 438 g/mol. The highest BCUT2D eigenvalue weighted by Gasteiger charge is 2.22. The molecule has 0 radical (unpaired) electrons. The van der Waals surface area contributed by atoms with Gasteiger partial charge in [-0.1, -0.05) is 11.6 Å². The molecule has 9 heteroatoms. The quantitative estimate of drug-likeness (QED) is 0.532. The molecule has 2 aliphatic rings. The minimum Gasteiger partial charge on any atom is -0.367 e. The Morgan fingerprint density at radius 2 is 1.97 bits per heavy atom. The van der Waals surface area contributed by atoms with E-state index in [1.807, 2.05) is 25.1 Å². The third-order valence-electron chi connectivity index (χ3n) is 6.13. The number of benzene rings is 1. The number of fused-ring (bicyclic) bond motifs is 3. The van der Waals surface area contributed by atoms with Crippen molar-refractivity contribution in [1.82, 2.24) is 19.9 Å². The first-order valence-electron chi connectivity index (χ1n) is 11.1. The third-order valence-corrected chi connectivity index (χ3v) is 6.36. The van der Waals surface area contributed by atoms with Crippen LogP contribution in [0.1, 0.15) is 24.1 Å². The number of piperidine rings is 1. The lowest BCUT2D eigenvalue weighted by Crippen LogP contribution is -2.36. The number of hydrogen-bond donors (Lipinski definition) is 3. The molecule has 0 bridgehead atoms. The Morgan fingerprint density at radius 1 is 1.15 bits per heavy atom. The maximum Gasteiger partial charge on any atom is 0.228 e. The topological polar surface area (TPSA) is 95.1 Å². The van der Waals surface area contributed by atoms with E-state index in [9.17, 15) is 4.79 Å². The summed E-state index contributed by atoms with van der Waals surface area (Å²) in [6.45, 7) is 4.16. The van der Waals surface area contributed by atoms with Crippen LogP contribution in [-0.2, 0) is 11.2 Å². The Kier molecular flexibility index (Phi) is 5.86. The lowest BCUT2D eigenvalue weighted by atomic mass is 10.1. The Labute approximate surface area is 197 Å². The average Bonchev–Trinajstić information content (AvgIpc) is 2.92. The molecule has 3 aromatic rings. The molecule has 33 heavy (non-hydrogen) atoms. The van der Waals surface area contributed by atoms with Crippen molar-refractivity contribution in [2.75, 3.05) is 36.1 Å². The van der Waals surface area contributed by atoms with E-state index < -0.39 is 0 Å². The van der Waals surface area contributed by atoms with Crippen LogP contribution in [0, 0.1) is 6.92 Å². The van der Waals surface area contributed by atoms with E-state index in [1.165, 1.54) is 0 Å². The van der Waals surface area contributed by atoms with Gasteiger partial charge in [0.1, 0.15) is 5.82 Å². The van der Waals surface area contributed by atoms with Gasteiger partial charge in [-0.15, -0.1) is 0 Å². The zero-order chi connectivity index (χ0) is 22.9. The second-order valence-corrected chi connectivity index (χ2v) is 9.10. The zero-order valence-corrected chi connectivity index (χ0v) is 19.4. The second-order valence-electron chi connectivity index (χ2n) is 8.66. The molecule has 1 fully saturated rings. The number of aryl methyl sites for hydroxylation is 1. The van der Waals surface area contributed by atoms with Crippen LogP contribution in [0.5, 0.6) is 0 Å². The van der Waals surface area contributed by atoms with E-state index in [0.29, 0.717) is 28.4 Å². The number of nitrogens with one attached hydrogen (secondary N) is 3. The number of carbonyl (C=O) groups excluding carboxylic acids is 1. The predicted octanol–water partition coefficient (Wildman–Crippen LogP) is 4.24. The van der Waals surface area contributed by atoms with Gasteiger partial charge in [-0.25, -0.2) is 15.0 Å². The lowest BCUT2D eigenvalue weighted by molar-refractivity contribution is -0.115. The predicted molar refractivity (Wildman–Crippen MR) is 131 cm³/mol. The van der Waals surface area contributed by atoms with Crippen LogP contribution in [0.3, 0.4) is 0 Å². The summed E-state index contributed by atoms with van der Waals surface area (Å²) in [5.41, 5.74) is 4.64. The monoisotopic (exact) mass is 463 g/mol. The van der Waals surface area contributed by atoms with Gasteiger partial charge in [-0.05, 0) is 70.2 Å². The van der Waals surface area contributed by atoms with Crippen LogP contribution in [0.15, 0.2) is 36.5 Å². The number of anilines is 4. The van der Waals surface area contributed by atoms with Gasteiger partial charge in [-0.2, -0.15) is 0 Å². The molecule has 1 saturated heterocycles. The number of amides is 1. The molecule has 0 unspecified atom stereocenters. The molecule has 5 rings (SSSR count). The summed E-state index contributed by atoms with van der Waals surface area (Å²) >= 11 is 6.13. The summed E-state index contributed by atoms with van der Waals surface area (Å²) in [6, 6.07) is 9.83. The summed E-state index contributed by atoms with van der Waals surface area (Å²) in [7, 11) is 2.16. The van der Waals surface area contributed by atoms with Gasteiger partial charge in [0, 0.05) is 28.4 Å². The Balaban J connectivity index is 1.37. The first kappa shape index (κ1) is 21.6. The minimum atomic E-state index is -0.116. The van der Waals surface area contributed by atoms with Crippen molar-refractivity contribution in [3.05, 3.63) is 52.8 Å². The third kappa shape index (κ3) is 4.77. The summed E-state index contributed by atoms with van der Waals surface area (Å²) in [5.74, 6) is 1.21. The molecule has 170 valence electrons. The van der Waals surface area contributed by atoms with Crippen molar-refractivity contribution < 1.29 is 4.79 Å². The normalized spacial score (nSPS) is 16.4. The highest BCUT2D eigenvalue weighted by Crippen LogP contribution is 2.35. The van der Waals surface area contributed by atoms with Gasteiger partial charge in [0.05, 0.1) is 29.2 Å². The van der Waals surface area contributed by atoms with Gasteiger partial charge in [-0.3, -0.25) is 4.79 Å². The number of carbonyl (C=O) groups is 1. The van der Waals surface area contributed by atoms with E-state index in [1.54, 1.807) is 18.3 Å². The number of hydrogen-bond acceptors (Lipinski definition) is 7. The van der Waals surface area contributed by atoms with Crippen LogP contribution in [0.25, 0.3) is 11.3 Å². The van der Waals surface area contributed by atoms with Crippen molar-refractivity contribution in [2.45, 2.75) is 32.2 Å². The summed E-state index contributed by atoms with van der Waals surface area (Å²) in [5, 5.41) is 10.3. The molecule has 0 atom stereocenters. The highest BCUT2D eigenvalue weighted by atomic mass is 35.5. The van der Waals surface area contributed by atoms with Crippen LogP contribution in [-0.4, -0.2) is 51.9 Å². The largest absolute Gasteiger partial charge is 0.367 e. The van der Waals surface area contributed by atoms with E-state index >= 15 is 0 Å². The number of pyridine rings is 1. The van der Waals surface area contributed by atoms with Crippen LogP contribution < -0.4 is 16.0 Å². The maximum absolute atomic E-state index is 12.3. The van der Waals surface area contributed by atoms with Crippen molar-refractivity contribution in [3.8, 4) is 11.3 Å². The summed E-state index contributed by atoms with van der Waals surface area (Å²) < 4.78 is 0. The number of aromatic nitrogens is 3. The van der Waals surface area contributed by atoms with E-state index in [-0.39, 0.29) is 12.3 Å². The number of rotatable bonds is 4. The standard InChI is InChI=1S/C24H26ClN7O/c1-14-19(5-6-21(27-14)28-17-7-9-32(2)10-8-17)30-24-26-13-15-11-22(33)29-20-12-16(25)3-4-18(20)23(15)31-24/h3-6,12-13,17H,7-11H2,1-2H3,(H,27,28)(H,29,33)(H,26,30,31). The van der Waals surface area contributed by atoms with Crippen LogP contribution >= 0.6 is 11.6 Å². The van der Waals surface area contributed by atoms with Gasteiger partial charge >= 0.3 is 0 Å². The van der Waals surface area contributed by atoms with Gasteiger partial charge in [0.2, 0.25) is 11.9 Å². The smallest absolute Gasteiger partial charge is 0.228 e. The van der Waals surface area contributed by atoms with Crippen molar-refractivity contribution in [3.63, 3.8) is 0 Å². The molecule has 1 amide bonds. The SMILES string of the molecule is Cc1nc(NC2CCN(C)CC2)ccc1Nc1ncc2c(n1)-c1ccc(Cl)cc1NC(=O)C2. The average molecular weight is 464 g/mol. The Bertz CT molecular complexity index is 1210. The molecule has 8 nitrogen and oxygen atoms in total. The van der Waals surface area contributed by atoms with Crippen molar-refractivity contribution >= 4 is 40.6 Å². The van der Waals surface area contributed by atoms with Gasteiger partial charge in [0.25, 0.3) is 0 Å². The molecular formula is C24H26ClN7O. The molecule has 0 saturated carbocycles. The molecule has 4 heterocycles. The molecule has 2 aromatic heterocycles. The number of nitrogens with zero attached hydrogens (tertiary/aromatic N) is 4. The van der Waals surface area contributed by atoms with E-state index in [0.717, 1.165) is 54.3 Å². The molecule has 0 aliphatic carbocycles. The fourth-order valence-corrected chi connectivity index (χ4v) is 4.45. The Morgan fingerprint density at radius 3 is 2.76 bits per heavy atom. The zero-order valence-electron chi connectivity index (χ0n) is 18.7. The molecule has 1 aromatic carbocycles. The van der Waals surface area contributed by atoms with E-state index in [2.05, 4.69) is 32.9 Å². The van der Waals surface area contributed by atoms with Crippen molar-refractivity contribution in [1.29, 1.82) is 0 Å². The Hall–Kier alpha value is -3.23. The van der Waals surface area contributed by atoms with Gasteiger partial charge < -0.3 is 20.9 Å². The number of halogens is 1.